The fourth-order valence-corrected chi connectivity index (χ4v) is 1.94. The van der Waals surface area contributed by atoms with E-state index >= 15 is 0 Å². The van der Waals surface area contributed by atoms with Gasteiger partial charge in [-0.05, 0) is 38.5 Å². The number of nitrogens with one attached hydrogen (secondary N) is 2. The second-order valence-electron chi connectivity index (χ2n) is 4.86. The Kier molecular flexibility index (Phi) is 5.31. The van der Waals surface area contributed by atoms with Crippen molar-refractivity contribution >= 4 is 11.9 Å². The molecule has 6 heteroatoms. The number of rotatable bonds is 7. The molecule has 2 aromatic rings. The number of anilines is 1. The van der Waals surface area contributed by atoms with Gasteiger partial charge < -0.3 is 15.1 Å². The zero-order chi connectivity index (χ0) is 15.1. The molecule has 0 bridgehead atoms. The molecule has 0 spiro atoms. The number of aryl methyl sites for hydroxylation is 2. The number of amides is 1. The van der Waals surface area contributed by atoms with E-state index in [1.165, 1.54) is 0 Å². The molecule has 2 heterocycles. The van der Waals surface area contributed by atoms with Crippen LogP contribution in [0, 0.1) is 13.8 Å². The number of carbonyl (C=O) groups is 1. The SMILES string of the molecule is Cc1cc(C)nc(NCCCC(=O)NCc2ccco2)n1. The summed E-state index contributed by atoms with van der Waals surface area (Å²) in [5.41, 5.74) is 1.86. The lowest BCUT2D eigenvalue weighted by molar-refractivity contribution is -0.121. The third-order valence-corrected chi connectivity index (χ3v) is 2.89. The van der Waals surface area contributed by atoms with Crippen LogP contribution >= 0.6 is 0 Å². The maximum atomic E-state index is 11.6. The monoisotopic (exact) mass is 288 g/mol. The van der Waals surface area contributed by atoms with Gasteiger partial charge in [-0.3, -0.25) is 4.79 Å². The minimum absolute atomic E-state index is 0.00883. The van der Waals surface area contributed by atoms with Gasteiger partial charge in [0.05, 0.1) is 12.8 Å². The highest BCUT2D eigenvalue weighted by Crippen LogP contribution is 2.04. The van der Waals surface area contributed by atoms with Crippen LogP contribution in [0.5, 0.6) is 0 Å². The molecule has 0 fully saturated rings. The van der Waals surface area contributed by atoms with Crippen molar-refractivity contribution in [2.75, 3.05) is 11.9 Å². The maximum absolute atomic E-state index is 11.6. The minimum atomic E-state index is 0.00883. The zero-order valence-corrected chi connectivity index (χ0v) is 12.3. The number of nitrogens with zero attached hydrogens (tertiary/aromatic N) is 2. The molecule has 21 heavy (non-hydrogen) atoms. The zero-order valence-electron chi connectivity index (χ0n) is 12.3. The van der Waals surface area contributed by atoms with E-state index in [1.807, 2.05) is 26.0 Å². The van der Waals surface area contributed by atoms with Gasteiger partial charge >= 0.3 is 0 Å². The number of aromatic nitrogens is 2. The Bertz CT molecular complexity index is 561. The molecule has 0 saturated heterocycles. The Hall–Kier alpha value is -2.37. The maximum Gasteiger partial charge on any atom is 0.223 e. The second kappa shape index (κ2) is 7.42. The summed E-state index contributed by atoms with van der Waals surface area (Å²) in [7, 11) is 0. The molecule has 2 aromatic heterocycles. The van der Waals surface area contributed by atoms with Crippen molar-refractivity contribution in [2.24, 2.45) is 0 Å². The van der Waals surface area contributed by atoms with Gasteiger partial charge in [0, 0.05) is 24.4 Å². The molecule has 6 nitrogen and oxygen atoms in total. The van der Waals surface area contributed by atoms with E-state index in [1.54, 1.807) is 12.3 Å². The van der Waals surface area contributed by atoms with Crippen LogP contribution in [-0.2, 0) is 11.3 Å². The summed E-state index contributed by atoms with van der Waals surface area (Å²) < 4.78 is 5.15. The average Bonchev–Trinajstić information content (AvgIpc) is 2.93. The summed E-state index contributed by atoms with van der Waals surface area (Å²) in [5, 5.41) is 5.94. The van der Waals surface area contributed by atoms with E-state index in [4.69, 9.17) is 4.42 Å². The van der Waals surface area contributed by atoms with E-state index in [9.17, 15) is 4.79 Å². The van der Waals surface area contributed by atoms with Crippen molar-refractivity contribution < 1.29 is 9.21 Å². The van der Waals surface area contributed by atoms with Gasteiger partial charge in [0.15, 0.2) is 0 Å². The van der Waals surface area contributed by atoms with Gasteiger partial charge in [-0.1, -0.05) is 0 Å². The van der Waals surface area contributed by atoms with Crippen molar-refractivity contribution in [3.8, 4) is 0 Å². The summed E-state index contributed by atoms with van der Waals surface area (Å²) in [6.45, 7) is 4.96. The lowest BCUT2D eigenvalue weighted by atomic mass is 10.3. The molecule has 0 unspecified atom stereocenters. The van der Waals surface area contributed by atoms with E-state index < -0.39 is 0 Å². The van der Waals surface area contributed by atoms with Crippen molar-refractivity contribution in [2.45, 2.75) is 33.2 Å². The Balaban J connectivity index is 1.63. The number of furan rings is 1. The van der Waals surface area contributed by atoms with E-state index in [-0.39, 0.29) is 5.91 Å². The molecule has 0 atom stereocenters. The molecule has 0 saturated carbocycles. The Labute approximate surface area is 124 Å². The van der Waals surface area contributed by atoms with E-state index in [0.717, 1.165) is 23.6 Å². The quantitative estimate of drug-likeness (QED) is 0.763. The van der Waals surface area contributed by atoms with Crippen LogP contribution < -0.4 is 10.6 Å². The number of hydrogen-bond donors (Lipinski definition) is 2. The first kappa shape index (κ1) is 15.0. The highest BCUT2D eigenvalue weighted by Gasteiger charge is 2.03. The normalized spacial score (nSPS) is 10.4. The van der Waals surface area contributed by atoms with Crippen LogP contribution in [0.25, 0.3) is 0 Å². The molecule has 1 amide bonds. The lowest BCUT2D eigenvalue weighted by Gasteiger charge is -2.06. The molecule has 112 valence electrons. The summed E-state index contributed by atoms with van der Waals surface area (Å²) in [4.78, 5) is 20.2. The van der Waals surface area contributed by atoms with Crippen molar-refractivity contribution in [3.63, 3.8) is 0 Å². The highest BCUT2D eigenvalue weighted by atomic mass is 16.3. The molecule has 0 aliphatic carbocycles. The molecule has 2 rings (SSSR count). The first-order valence-corrected chi connectivity index (χ1v) is 6.99. The minimum Gasteiger partial charge on any atom is -0.467 e. The Morgan fingerprint density at radius 2 is 2.05 bits per heavy atom. The summed E-state index contributed by atoms with van der Waals surface area (Å²) in [6.07, 6.45) is 2.77. The fourth-order valence-electron chi connectivity index (χ4n) is 1.94. The molecule has 0 aliphatic heterocycles. The van der Waals surface area contributed by atoms with Gasteiger partial charge in [0.25, 0.3) is 0 Å². The molecule has 0 radical (unpaired) electrons. The predicted octanol–water partition coefficient (Wildman–Crippen LogP) is 2.19. The number of hydrogen-bond acceptors (Lipinski definition) is 5. The summed E-state index contributed by atoms with van der Waals surface area (Å²) >= 11 is 0. The third kappa shape index (κ3) is 5.25. The Morgan fingerprint density at radius 3 is 2.71 bits per heavy atom. The van der Waals surface area contributed by atoms with Gasteiger partial charge in [-0.25, -0.2) is 9.97 Å². The predicted molar refractivity (Wildman–Crippen MR) is 79.8 cm³/mol. The van der Waals surface area contributed by atoms with Gasteiger partial charge in [0.1, 0.15) is 5.76 Å². The standard InChI is InChI=1S/C15H20N4O2/c1-11-9-12(2)19-15(18-11)16-7-3-6-14(20)17-10-13-5-4-8-21-13/h4-5,8-9H,3,6-7,10H2,1-2H3,(H,17,20)(H,16,18,19). The van der Waals surface area contributed by atoms with Gasteiger partial charge in [0.2, 0.25) is 11.9 Å². The molecular formula is C15H20N4O2. The first-order chi connectivity index (χ1) is 10.1. The smallest absolute Gasteiger partial charge is 0.223 e. The van der Waals surface area contributed by atoms with Gasteiger partial charge in [-0.15, -0.1) is 0 Å². The van der Waals surface area contributed by atoms with Crippen molar-refractivity contribution in [1.82, 2.24) is 15.3 Å². The van der Waals surface area contributed by atoms with Gasteiger partial charge in [-0.2, -0.15) is 0 Å². The van der Waals surface area contributed by atoms with Crippen LogP contribution in [0.1, 0.15) is 30.0 Å². The highest BCUT2D eigenvalue weighted by molar-refractivity contribution is 5.75. The molecule has 0 aromatic carbocycles. The third-order valence-electron chi connectivity index (χ3n) is 2.89. The Morgan fingerprint density at radius 1 is 1.29 bits per heavy atom. The topological polar surface area (TPSA) is 80.0 Å². The summed E-state index contributed by atoms with van der Waals surface area (Å²) in [5.74, 6) is 1.38. The number of carbonyl (C=O) groups excluding carboxylic acids is 1. The second-order valence-corrected chi connectivity index (χ2v) is 4.86. The first-order valence-electron chi connectivity index (χ1n) is 6.99. The van der Waals surface area contributed by atoms with Crippen molar-refractivity contribution in [1.29, 1.82) is 0 Å². The summed E-state index contributed by atoms with van der Waals surface area (Å²) in [6, 6.07) is 5.56. The van der Waals surface area contributed by atoms with E-state index in [2.05, 4.69) is 20.6 Å². The van der Waals surface area contributed by atoms with Crippen LogP contribution in [0.3, 0.4) is 0 Å². The van der Waals surface area contributed by atoms with E-state index in [0.29, 0.717) is 25.5 Å². The molecule has 2 N–H and O–H groups in total. The van der Waals surface area contributed by atoms with Crippen LogP contribution in [0.2, 0.25) is 0 Å². The lowest BCUT2D eigenvalue weighted by Crippen LogP contribution is -2.23. The fraction of sp³-hybridized carbons (Fsp3) is 0.400. The van der Waals surface area contributed by atoms with Crippen molar-refractivity contribution in [3.05, 3.63) is 41.6 Å². The van der Waals surface area contributed by atoms with Crippen LogP contribution in [-0.4, -0.2) is 22.4 Å². The average molecular weight is 288 g/mol. The largest absolute Gasteiger partial charge is 0.467 e. The van der Waals surface area contributed by atoms with Crippen LogP contribution in [0.4, 0.5) is 5.95 Å². The molecular weight excluding hydrogens is 268 g/mol. The molecule has 0 aliphatic rings. The van der Waals surface area contributed by atoms with Crippen LogP contribution in [0.15, 0.2) is 28.9 Å².